The average molecular weight is 293 g/mol. The molecule has 3 rings (SSSR count). The van der Waals surface area contributed by atoms with Crippen molar-refractivity contribution in [3.8, 4) is 11.8 Å². The first-order chi connectivity index (χ1) is 10.7. The molecular formula is C17H12FN3O. The molecule has 0 saturated carbocycles. The van der Waals surface area contributed by atoms with E-state index in [2.05, 4.69) is 16.3 Å². The second-order valence-electron chi connectivity index (χ2n) is 4.68. The SMILES string of the molecule is COc1c(C#N)ccc2[nH]nc(/C=C/c3cccc(F)c3)c12. The summed E-state index contributed by atoms with van der Waals surface area (Å²) in [6, 6.07) is 11.8. The minimum Gasteiger partial charge on any atom is -0.495 e. The number of hydrogen-bond donors (Lipinski definition) is 1. The lowest BCUT2D eigenvalue weighted by Gasteiger charge is -2.04. The van der Waals surface area contributed by atoms with Crippen LogP contribution >= 0.6 is 0 Å². The number of benzene rings is 2. The third kappa shape index (κ3) is 2.42. The van der Waals surface area contributed by atoms with Crippen molar-refractivity contribution in [1.29, 1.82) is 5.26 Å². The predicted molar refractivity (Wildman–Crippen MR) is 82.7 cm³/mol. The largest absolute Gasteiger partial charge is 0.495 e. The Kier molecular flexibility index (Phi) is 3.58. The number of H-pyrrole nitrogens is 1. The van der Waals surface area contributed by atoms with Crippen LogP contribution in [0.15, 0.2) is 36.4 Å². The Morgan fingerprint density at radius 2 is 2.14 bits per heavy atom. The van der Waals surface area contributed by atoms with Gasteiger partial charge in [0.05, 0.1) is 29.3 Å². The van der Waals surface area contributed by atoms with Crippen LogP contribution in [0, 0.1) is 17.1 Å². The van der Waals surface area contributed by atoms with Gasteiger partial charge in [-0.15, -0.1) is 0 Å². The maximum atomic E-state index is 13.2. The number of halogens is 1. The van der Waals surface area contributed by atoms with Crippen LogP contribution in [0.4, 0.5) is 4.39 Å². The summed E-state index contributed by atoms with van der Waals surface area (Å²) in [7, 11) is 1.52. The highest BCUT2D eigenvalue weighted by atomic mass is 19.1. The summed E-state index contributed by atoms with van der Waals surface area (Å²) in [5.41, 5.74) is 2.58. The second-order valence-corrected chi connectivity index (χ2v) is 4.68. The maximum Gasteiger partial charge on any atom is 0.148 e. The lowest BCUT2D eigenvalue weighted by atomic mass is 10.1. The molecule has 2 aromatic carbocycles. The van der Waals surface area contributed by atoms with Gasteiger partial charge in [-0.05, 0) is 35.9 Å². The average Bonchev–Trinajstić information content (AvgIpc) is 2.95. The number of aromatic amines is 1. The summed E-state index contributed by atoms with van der Waals surface area (Å²) in [6.07, 6.45) is 3.52. The minimum absolute atomic E-state index is 0.293. The van der Waals surface area contributed by atoms with Gasteiger partial charge in [-0.3, -0.25) is 5.10 Å². The van der Waals surface area contributed by atoms with Crippen LogP contribution in [0.5, 0.6) is 5.75 Å². The summed E-state index contributed by atoms with van der Waals surface area (Å²) in [6.45, 7) is 0. The van der Waals surface area contributed by atoms with Crippen molar-refractivity contribution >= 4 is 23.1 Å². The highest BCUT2D eigenvalue weighted by molar-refractivity contribution is 5.95. The summed E-state index contributed by atoms with van der Waals surface area (Å²) in [5, 5.41) is 17.0. The zero-order valence-electron chi connectivity index (χ0n) is 11.8. The summed E-state index contributed by atoms with van der Waals surface area (Å²) in [5.74, 6) is 0.186. The Hall–Kier alpha value is -3.13. The van der Waals surface area contributed by atoms with Crippen LogP contribution in [0.1, 0.15) is 16.8 Å². The highest BCUT2D eigenvalue weighted by Crippen LogP contribution is 2.31. The van der Waals surface area contributed by atoms with E-state index in [0.717, 1.165) is 16.5 Å². The van der Waals surface area contributed by atoms with E-state index in [0.29, 0.717) is 17.0 Å². The highest BCUT2D eigenvalue weighted by Gasteiger charge is 2.13. The topological polar surface area (TPSA) is 61.7 Å². The normalized spacial score (nSPS) is 11.0. The molecule has 0 bridgehead atoms. The molecule has 0 unspecified atom stereocenters. The summed E-state index contributed by atoms with van der Waals surface area (Å²) in [4.78, 5) is 0. The number of ether oxygens (including phenoxy) is 1. The zero-order valence-corrected chi connectivity index (χ0v) is 11.8. The van der Waals surface area contributed by atoms with Crippen LogP contribution < -0.4 is 4.74 Å². The molecule has 0 radical (unpaired) electrons. The van der Waals surface area contributed by atoms with Gasteiger partial charge in [0.1, 0.15) is 17.6 Å². The molecule has 0 spiro atoms. The van der Waals surface area contributed by atoms with Crippen molar-refractivity contribution in [3.63, 3.8) is 0 Å². The number of hydrogen-bond acceptors (Lipinski definition) is 3. The number of fused-ring (bicyclic) bond motifs is 1. The lowest BCUT2D eigenvalue weighted by molar-refractivity contribution is 0.418. The number of nitrogens with zero attached hydrogens (tertiary/aromatic N) is 2. The van der Waals surface area contributed by atoms with Crippen molar-refractivity contribution in [2.45, 2.75) is 0 Å². The standard InChI is InChI=1S/C17H12FN3O/c1-22-17-12(10-19)6-8-15-16(17)14(20-21-15)7-5-11-3-2-4-13(18)9-11/h2-9H,1H3,(H,20,21)/b7-5+. The van der Waals surface area contributed by atoms with E-state index in [1.54, 1.807) is 36.4 Å². The molecular weight excluding hydrogens is 281 g/mol. The number of aromatic nitrogens is 2. The maximum absolute atomic E-state index is 13.2. The summed E-state index contributed by atoms with van der Waals surface area (Å²) < 4.78 is 18.5. The number of methoxy groups -OCH3 is 1. The molecule has 0 aliphatic carbocycles. The predicted octanol–water partition coefficient (Wildman–Crippen LogP) is 3.75. The van der Waals surface area contributed by atoms with Gasteiger partial charge < -0.3 is 4.74 Å². The lowest BCUT2D eigenvalue weighted by Crippen LogP contribution is -1.89. The van der Waals surface area contributed by atoms with Gasteiger partial charge in [-0.1, -0.05) is 18.2 Å². The van der Waals surface area contributed by atoms with E-state index >= 15 is 0 Å². The molecule has 0 saturated heterocycles. The van der Waals surface area contributed by atoms with E-state index in [-0.39, 0.29) is 5.82 Å². The molecule has 0 atom stereocenters. The van der Waals surface area contributed by atoms with Gasteiger partial charge in [0.25, 0.3) is 0 Å². The van der Waals surface area contributed by atoms with Gasteiger partial charge in [-0.2, -0.15) is 10.4 Å². The van der Waals surface area contributed by atoms with Gasteiger partial charge in [-0.25, -0.2) is 4.39 Å². The van der Waals surface area contributed by atoms with E-state index in [4.69, 9.17) is 10.00 Å². The van der Waals surface area contributed by atoms with Crippen LogP contribution in [0.3, 0.4) is 0 Å². The molecule has 0 aliphatic rings. The van der Waals surface area contributed by atoms with Crippen molar-refractivity contribution < 1.29 is 9.13 Å². The molecule has 0 fully saturated rings. The fraction of sp³-hybridized carbons (Fsp3) is 0.0588. The Balaban J connectivity index is 2.10. The Morgan fingerprint density at radius 3 is 2.86 bits per heavy atom. The van der Waals surface area contributed by atoms with Gasteiger partial charge in [0.2, 0.25) is 0 Å². The minimum atomic E-state index is -0.293. The van der Waals surface area contributed by atoms with Crippen molar-refractivity contribution in [2.75, 3.05) is 7.11 Å². The quantitative estimate of drug-likeness (QED) is 0.800. The Bertz CT molecular complexity index is 906. The number of nitrogens with one attached hydrogen (secondary N) is 1. The number of nitriles is 1. The Labute approximate surface area is 126 Å². The van der Waals surface area contributed by atoms with Crippen molar-refractivity contribution in [1.82, 2.24) is 10.2 Å². The molecule has 1 heterocycles. The van der Waals surface area contributed by atoms with Crippen LogP contribution in [0.2, 0.25) is 0 Å². The monoisotopic (exact) mass is 293 g/mol. The molecule has 5 heteroatoms. The zero-order chi connectivity index (χ0) is 15.5. The summed E-state index contributed by atoms with van der Waals surface area (Å²) >= 11 is 0. The van der Waals surface area contributed by atoms with Crippen molar-refractivity contribution in [3.05, 3.63) is 59.0 Å². The molecule has 1 N–H and O–H groups in total. The Morgan fingerprint density at radius 1 is 1.27 bits per heavy atom. The fourth-order valence-corrected chi connectivity index (χ4v) is 2.31. The second kappa shape index (κ2) is 5.70. The van der Waals surface area contributed by atoms with Crippen LogP contribution in [0.25, 0.3) is 23.1 Å². The first kappa shape index (κ1) is 13.8. The molecule has 4 nitrogen and oxygen atoms in total. The first-order valence-corrected chi connectivity index (χ1v) is 6.61. The van der Waals surface area contributed by atoms with Crippen LogP contribution in [-0.4, -0.2) is 17.3 Å². The third-order valence-electron chi connectivity index (χ3n) is 3.32. The van der Waals surface area contributed by atoms with Gasteiger partial charge in [0.15, 0.2) is 0 Å². The smallest absolute Gasteiger partial charge is 0.148 e. The fourth-order valence-electron chi connectivity index (χ4n) is 2.31. The molecule has 108 valence electrons. The number of rotatable bonds is 3. The molecule has 0 aliphatic heterocycles. The van der Waals surface area contributed by atoms with Crippen molar-refractivity contribution in [2.24, 2.45) is 0 Å². The van der Waals surface area contributed by atoms with Gasteiger partial charge in [0, 0.05) is 0 Å². The van der Waals surface area contributed by atoms with E-state index < -0.39 is 0 Å². The van der Waals surface area contributed by atoms with E-state index in [1.807, 2.05) is 0 Å². The third-order valence-corrected chi connectivity index (χ3v) is 3.32. The molecule has 1 aromatic heterocycles. The van der Waals surface area contributed by atoms with E-state index in [1.165, 1.54) is 19.2 Å². The molecule has 3 aromatic rings. The van der Waals surface area contributed by atoms with Gasteiger partial charge >= 0.3 is 0 Å². The molecule has 22 heavy (non-hydrogen) atoms. The van der Waals surface area contributed by atoms with E-state index in [9.17, 15) is 4.39 Å². The molecule has 0 amide bonds. The van der Waals surface area contributed by atoms with Crippen LogP contribution in [-0.2, 0) is 0 Å². The first-order valence-electron chi connectivity index (χ1n) is 6.61.